The highest BCUT2D eigenvalue weighted by atomic mass is 35.5. The Labute approximate surface area is 79.4 Å². The van der Waals surface area contributed by atoms with Gasteiger partial charge in [0.1, 0.15) is 6.54 Å². The lowest BCUT2D eigenvalue weighted by atomic mass is 10.3. The molecule has 0 rings (SSSR count). The van der Waals surface area contributed by atoms with E-state index in [0.29, 0.717) is 24.0 Å². The zero-order valence-electron chi connectivity index (χ0n) is 7.57. The summed E-state index contributed by atoms with van der Waals surface area (Å²) in [5, 5.41) is 25.8. The molecule has 0 unspecified atom stereocenters. The Morgan fingerprint density at radius 2 is 1.67 bits per heavy atom. The maximum Gasteiger partial charge on any atom is 0.156 e. The van der Waals surface area contributed by atoms with E-state index in [1.807, 2.05) is 14.1 Å². The van der Waals surface area contributed by atoms with Crippen LogP contribution in [0.15, 0.2) is 0 Å². The van der Waals surface area contributed by atoms with Crippen LogP contribution < -0.4 is 12.4 Å². The molecule has 4 nitrogen and oxygen atoms in total. The van der Waals surface area contributed by atoms with E-state index in [4.69, 9.17) is 15.3 Å². The average molecular weight is 200 g/mol. The highest BCUT2D eigenvalue weighted by Gasteiger charge is 2.14. The molecular weight excluding hydrogens is 182 g/mol. The van der Waals surface area contributed by atoms with Gasteiger partial charge in [-0.15, -0.1) is 0 Å². The van der Waals surface area contributed by atoms with E-state index < -0.39 is 6.29 Å². The number of halogens is 1. The second-order valence-corrected chi connectivity index (χ2v) is 3.38. The van der Waals surface area contributed by atoms with Crippen molar-refractivity contribution in [2.75, 3.05) is 33.8 Å². The molecule has 0 saturated carbocycles. The molecule has 76 valence electrons. The number of rotatable bonds is 5. The van der Waals surface area contributed by atoms with Crippen LogP contribution in [-0.4, -0.2) is 59.9 Å². The minimum absolute atomic E-state index is 0. The van der Waals surface area contributed by atoms with Crippen molar-refractivity contribution >= 4 is 0 Å². The topological polar surface area (TPSA) is 60.7 Å². The van der Waals surface area contributed by atoms with Crippen molar-refractivity contribution in [3.05, 3.63) is 0 Å². The van der Waals surface area contributed by atoms with E-state index in [1.54, 1.807) is 0 Å². The maximum absolute atomic E-state index is 8.63. The molecule has 0 bridgehead atoms. The first-order valence-corrected chi connectivity index (χ1v) is 3.77. The van der Waals surface area contributed by atoms with Crippen LogP contribution >= 0.6 is 0 Å². The molecule has 0 saturated heterocycles. The molecule has 0 amide bonds. The number of nitrogens with zero attached hydrogens (tertiary/aromatic N) is 1. The van der Waals surface area contributed by atoms with Crippen molar-refractivity contribution in [3.63, 3.8) is 0 Å². The van der Waals surface area contributed by atoms with Gasteiger partial charge in [-0.25, -0.2) is 0 Å². The van der Waals surface area contributed by atoms with E-state index in [2.05, 4.69) is 0 Å². The monoisotopic (exact) mass is 199 g/mol. The van der Waals surface area contributed by atoms with Crippen LogP contribution in [0.5, 0.6) is 0 Å². The van der Waals surface area contributed by atoms with Crippen molar-refractivity contribution in [2.45, 2.75) is 12.7 Å². The molecule has 0 heterocycles. The largest absolute Gasteiger partial charge is 1.00 e. The van der Waals surface area contributed by atoms with E-state index in [0.717, 1.165) is 0 Å². The van der Waals surface area contributed by atoms with E-state index in [9.17, 15) is 0 Å². The highest BCUT2D eigenvalue weighted by Crippen LogP contribution is 1.99. The lowest BCUT2D eigenvalue weighted by molar-refractivity contribution is -0.891. The van der Waals surface area contributed by atoms with Gasteiger partial charge in [-0.05, 0) is 0 Å². The number of quaternary nitrogens is 1. The third-order valence-electron chi connectivity index (χ3n) is 1.70. The second kappa shape index (κ2) is 6.62. The highest BCUT2D eigenvalue weighted by molar-refractivity contribution is 4.38. The molecule has 0 spiro atoms. The van der Waals surface area contributed by atoms with Gasteiger partial charge < -0.3 is 32.2 Å². The predicted molar refractivity (Wildman–Crippen MR) is 41.8 cm³/mol. The zero-order chi connectivity index (χ0) is 8.91. The Bertz CT molecular complexity index is 109. The molecular formula is C7H18ClNO3. The van der Waals surface area contributed by atoms with Crippen LogP contribution in [0, 0.1) is 0 Å². The molecule has 0 aromatic carbocycles. The van der Waals surface area contributed by atoms with Crippen LogP contribution in [-0.2, 0) is 0 Å². The SMILES string of the molecule is C[N+](C)(CCO)CCC(O)O.[Cl-]. The molecule has 0 aliphatic carbocycles. The smallest absolute Gasteiger partial charge is 0.156 e. The Kier molecular flexibility index (Phi) is 8.08. The first-order chi connectivity index (χ1) is 4.98. The summed E-state index contributed by atoms with van der Waals surface area (Å²) >= 11 is 0. The summed E-state index contributed by atoms with van der Waals surface area (Å²) in [4.78, 5) is 0. The standard InChI is InChI=1S/C7H18NO3.ClH/c1-8(2,5-6-9)4-3-7(10)11;/h7,9-11H,3-6H2,1-2H3;1H/q+1;/p-1. The first-order valence-electron chi connectivity index (χ1n) is 3.77. The van der Waals surface area contributed by atoms with Gasteiger partial charge >= 0.3 is 0 Å². The lowest BCUT2D eigenvalue weighted by Gasteiger charge is -2.29. The number of aliphatic hydroxyl groups excluding tert-OH is 2. The number of hydrogen-bond donors (Lipinski definition) is 3. The Morgan fingerprint density at radius 3 is 2.00 bits per heavy atom. The quantitative estimate of drug-likeness (QED) is 0.311. The fourth-order valence-corrected chi connectivity index (χ4v) is 0.847. The third kappa shape index (κ3) is 8.23. The van der Waals surface area contributed by atoms with Crippen LogP contribution in [0.1, 0.15) is 6.42 Å². The summed E-state index contributed by atoms with van der Waals surface area (Å²) in [6.45, 7) is 1.44. The van der Waals surface area contributed by atoms with Crippen molar-refractivity contribution in [1.82, 2.24) is 0 Å². The second-order valence-electron chi connectivity index (χ2n) is 3.38. The van der Waals surface area contributed by atoms with Crippen LogP contribution in [0.3, 0.4) is 0 Å². The minimum atomic E-state index is -1.23. The van der Waals surface area contributed by atoms with Crippen molar-refractivity contribution in [2.24, 2.45) is 0 Å². The Hall–Kier alpha value is 0.130. The lowest BCUT2D eigenvalue weighted by Crippen LogP contribution is -3.00. The van der Waals surface area contributed by atoms with E-state index >= 15 is 0 Å². The Balaban J connectivity index is 0. The number of aliphatic hydroxyl groups is 3. The predicted octanol–water partition coefficient (Wildman–Crippen LogP) is -4.24. The Morgan fingerprint density at radius 1 is 1.17 bits per heavy atom. The summed E-state index contributed by atoms with van der Waals surface area (Å²) in [5.41, 5.74) is 0. The summed E-state index contributed by atoms with van der Waals surface area (Å²) in [5.74, 6) is 0. The summed E-state index contributed by atoms with van der Waals surface area (Å²) in [7, 11) is 3.89. The molecule has 0 atom stereocenters. The molecule has 0 radical (unpaired) electrons. The summed E-state index contributed by atoms with van der Waals surface area (Å²) in [6.07, 6.45) is -0.876. The fourth-order valence-electron chi connectivity index (χ4n) is 0.847. The van der Waals surface area contributed by atoms with E-state index in [1.165, 1.54) is 0 Å². The molecule has 0 aliphatic heterocycles. The van der Waals surface area contributed by atoms with Gasteiger partial charge in [0.2, 0.25) is 0 Å². The normalized spacial score (nSPS) is 11.5. The van der Waals surface area contributed by atoms with Gasteiger partial charge in [-0.3, -0.25) is 0 Å². The fraction of sp³-hybridized carbons (Fsp3) is 1.00. The van der Waals surface area contributed by atoms with Crippen LogP contribution in [0.25, 0.3) is 0 Å². The first kappa shape index (κ1) is 14.6. The van der Waals surface area contributed by atoms with Gasteiger partial charge in [-0.2, -0.15) is 0 Å². The average Bonchev–Trinajstić information content (AvgIpc) is 1.84. The zero-order valence-corrected chi connectivity index (χ0v) is 8.33. The molecule has 5 heteroatoms. The third-order valence-corrected chi connectivity index (χ3v) is 1.70. The van der Waals surface area contributed by atoms with Gasteiger partial charge in [0.25, 0.3) is 0 Å². The molecule has 0 aromatic heterocycles. The summed E-state index contributed by atoms with van der Waals surface area (Å²) < 4.78 is 0.619. The number of hydrogen-bond acceptors (Lipinski definition) is 3. The summed E-state index contributed by atoms with van der Waals surface area (Å²) in [6, 6.07) is 0. The van der Waals surface area contributed by atoms with Gasteiger partial charge in [0.15, 0.2) is 6.29 Å². The molecule has 0 aliphatic rings. The molecule has 0 aromatic rings. The number of likely N-dealkylation sites (N-methyl/N-ethyl adjacent to an activating group) is 1. The van der Waals surface area contributed by atoms with Crippen LogP contribution in [0.4, 0.5) is 0 Å². The van der Waals surface area contributed by atoms with Gasteiger partial charge in [0.05, 0.1) is 27.2 Å². The minimum Gasteiger partial charge on any atom is -1.00 e. The van der Waals surface area contributed by atoms with Crippen molar-refractivity contribution < 1.29 is 32.2 Å². The van der Waals surface area contributed by atoms with Gasteiger partial charge in [-0.1, -0.05) is 0 Å². The molecule has 0 fully saturated rings. The van der Waals surface area contributed by atoms with Gasteiger partial charge in [0, 0.05) is 6.42 Å². The van der Waals surface area contributed by atoms with Crippen LogP contribution in [0.2, 0.25) is 0 Å². The molecule has 3 N–H and O–H groups in total. The van der Waals surface area contributed by atoms with Crippen molar-refractivity contribution in [1.29, 1.82) is 0 Å². The molecule has 12 heavy (non-hydrogen) atoms. The van der Waals surface area contributed by atoms with Crippen molar-refractivity contribution in [3.8, 4) is 0 Å². The maximum atomic E-state index is 8.63. The van der Waals surface area contributed by atoms with E-state index in [-0.39, 0.29) is 19.0 Å².